The van der Waals surface area contributed by atoms with E-state index in [1.165, 1.54) is 23.0 Å². The average molecular weight is 330 g/mol. The topological polar surface area (TPSA) is 29.9 Å². The lowest BCUT2D eigenvalue weighted by atomic mass is 10.0. The summed E-state index contributed by atoms with van der Waals surface area (Å²) >= 11 is 3.69. The van der Waals surface area contributed by atoms with Gasteiger partial charge in [-0.05, 0) is 48.5 Å². The second kappa shape index (κ2) is 8.05. The Bertz CT molecular complexity index is 387. The smallest absolute Gasteiger partial charge is 0.0767 e. The molecule has 1 rings (SSSR count). The Morgan fingerprint density at radius 2 is 1.95 bits per heavy atom. The molecule has 1 aromatic rings. The predicted octanol–water partition coefficient (Wildman–Crippen LogP) is 4.14. The highest BCUT2D eigenvalue weighted by atomic mass is 79.9. The van der Waals surface area contributed by atoms with Crippen molar-refractivity contribution in [2.24, 2.45) is 5.92 Å². The third kappa shape index (κ3) is 4.60. The van der Waals surface area contributed by atoms with Crippen molar-refractivity contribution in [3.63, 3.8) is 0 Å². The molecule has 0 saturated heterocycles. The molecule has 3 nitrogen and oxygen atoms in total. The number of hydrogen-bond donors (Lipinski definition) is 1. The molecular weight excluding hydrogens is 302 g/mol. The van der Waals surface area contributed by atoms with Crippen molar-refractivity contribution < 1.29 is 0 Å². The summed E-state index contributed by atoms with van der Waals surface area (Å²) in [5, 5.41) is 8.26. The summed E-state index contributed by atoms with van der Waals surface area (Å²) in [4.78, 5) is 0. The fourth-order valence-electron chi connectivity index (χ4n) is 2.31. The zero-order valence-electron chi connectivity index (χ0n) is 13.0. The first kappa shape index (κ1) is 16.7. The number of aryl methyl sites for hydroxylation is 2. The first-order valence-corrected chi connectivity index (χ1v) is 8.30. The summed E-state index contributed by atoms with van der Waals surface area (Å²) < 4.78 is 3.28. The molecule has 0 fully saturated rings. The van der Waals surface area contributed by atoms with Crippen LogP contribution < -0.4 is 5.32 Å². The fraction of sp³-hybridized carbons (Fsp3) is 0.800. The third-order valence-corrected chi connectivity index (χ3v) is 4.68. The molecule has 0 aliphatic rings. The Labute approximate surface area is 126 Å². The largest absolute Gasteiger partial charge is 0.309 e. The van der Waals surface area contributed by atoms with E-state index in [0.717, 1.165) is 31.1 Å². The van der Waals surface area contributed by atoms with Gasteiger partial charge in [-0.25, -0.2) is 0 Å². The minimum Gasteiger partial charge on any atom is -0.309 e. The number of rotatable bonds is 8. The van der Waals surface area contributed by atoms with Crippen molar-refractivity contribution in [3.8, 4) is 0 Å². The lowest BCUT2D eigenvalue weighted by Gasteiger charge is -2.18. The Balaban J connectivity index is 2.64. The minimum atomic E-state index is 0.548. The van der Waals surface area contributed by atoms with E-state index in [1.54, 1.807) is 0 Å². The van der Waals surface area contributed by atoms with Crippen LogP contribution in [0.15, 0.2) is 4.47 Å². The van der Waals surface area contributed by atoms with Crippen molar-refractivity contribution in [2.45, 2.75) is 73.0 Å². The standard InChI is InChI=1S/C15H28BrN3/c1-6-11(4)9-12(5)17-10-14-15(16)13(7-2)18-19(14)8-3/h11-12,17H,6-10H2,1-5H3. The van der Waals surface area contributed by atoms with Crippen molar-refractivity contribution in [1.82, 2.24) is 15.1 Å². The van der Waals surface area contributed by atoms with Crippen LogP contribution in [0.25, 0.3) is 0 Å². The summed E-state index contributed by atoms with van der Waals surface area (Å²) in [6.45, 7) is 13.0. The Morgan fingerprint density at radius 3 is 2.47 bits per heavy atom. The molecule has 1 heterocycles. The molecule has 0 spiro atoms. The van der Waals surface area contributed by atoms with E-state index >= 15 is 0 Å². The minimum absolute atomic E-state index is 0.548. The second-order valence-corrected chi connectivity index (χ2v) is 6.20. The van der Waals surface area contributed by atoms with Crippen molar-refractivity contribution in [1.29, 1.82) is 0 Å². The van der Waals surface area contributed by atoms with Crippen LogP contribution in [0.5, 0.6) is 0 Å². The van der Waals surface area contributed by atoms with E-state index in [1.807, 2.05) is 0 Å². The number of nitrogens with zero attached hydrogens (tertiary/aromatic N) is 2. The van der Waals surface area contributed by atoms with Gasteiger partial charge in [0.05, 0.1) is 15.9 Å². The van der Waals surface area contributed by atoms with Crippen LogP contribution in [0.4, 0.5) is 0 Å². The molecule has 0 bridgehead atoms. The Kier molecular flexibility index (Phi) is 7.08. The number of halogens is 1. The molecule has 0 radical (unpaired) electrons. The molecule has 2 unspecified atom stereocenters. The normalized spacial score (nSPS) is 14.6. The molecular formula is C15H28BrN3. The van der Waals surface area contributed by atoms with E-state index in [9.17, 15) is 0 Å². The van der Waals surface area contributed by atoms with Gasteiger partial charge in [-0.3, -0.25) is 4.68 Å². The maximum Gasteiger partial charge on any atom is 0.0767 e. The molecule has 110 valence electrons. The number of hydrogen-bond acceptors (Lipinski definition) is 2. The van der Waals surface area contributed by atoms with Crippen molar-refractivity contribution >= 4 is 15.9 Å². The Hall–Kier alpha value is -0.350. The molecule has 0 saturated carbocycles. The molecule has 0 amide bonds. The monoisotopic (exact) mass is 329 g/mol. The van der Waals surface area contributed by atoms with Crippen LogP contribution in [-0.2, 0) is 19.5 Å². The van der Waals surface area contributed by atoms with Crippen LogP contribution in [-0.4, -0.2) is 15.8 Å². The van der Waals surface area contributed by atoms with Gasteiger partial charge in [-0.1, -0.05) is 27.2 Å². The van der Waals surface area contributed by atoms with E-state index in [0.29, 0.717) is 6.04 Å². The molecule has 19 heavy (non-hydrogen) atoms. The summed E-state index contributed by atoms with van der Waals surface area (Å²) in [5.41, 5.74) is 2.43. The number of nitrogens with one attached hydrogen (secondary N) is 1. The van der Waals surface area contributed by atoms with Gasteiger partial charge in [0.15, 0.2) is 0 Å². The van der Waals surface area contributed by atoms with Crippen molar-refractivity contribution in [3.05, 3.63) is 15.9 Å². The maximum absolute atomic E-state index is 4.63. The van der Waals surface area contributed by atoms with Gasteiger partial charge in [0.25, 0.3) is 0 Å². The van der Waals surface area contributed by atoms with Gasteiger partial charge in [-0.2, -0.15) is 5.10 Å². The summed E-state index contributed by atoms with van der Waals surface area (Å²) in [5.74, 6) is 0.785. The molecule has 1 aromatic heterocycles. The first-order valence-electron chi connectivity index (χ1n) is 7.50. The van der Waals surface area contributed by atoms with Crippen LogP contribution in [0.3, 0.4) is 0 Å². The quantitative estimate of drug-likeness (QED) is 0.776. The number of aromatic nitrogens is 2. The van der Waals surface area contributed by atoms with Crippen LogP contribution in [0.2, 0.25) is 0 Å². The average Bonchev–Trinajstić information content (AvgIpc) is 2.72. The highest BCUT2D eigenvalue weighted by molar-refractivity contribution is 9.10. The maximum atomic E-state index is 4.63. The van der Waals surface area contributed by atoms with E-state index in [-0.39, 0.29) is 0 Å². The van der Waals surface area contributed by atoms with Crippen LogP contribution in [0.1, 0.15) is 58.8 Å². The summed E-state index contributed by atoms with van der Waals surface area (Å²) in [7, 11) is 0. The van der Waals surface area contributed by atoms with Gasteiger partial charge in [0.2, 0.25) is 0 Å². The summed E-state index contributed by atoms with van der Waals surface area (Å²) in [6, 6.07) is 0.548. The second-order valence-electron chi connectivity index (χ2n) is 5.41. The SMILES string of the molecule is CCc1nn(CC)c(CNC(C)CC(C)CC)c1Br. The zero-order valence-corrected chi connectivity index (χ0v) is 14.5. The van der Waals surface area contributed by atoms with Crippen molar-refractivity contribution in [2.75, 3.05) is 0 Å². The van der Waals surface area contributed by atoms with Crippen LogP contribution in [0, 0.1) is 5.92 Å². The molecule has 0 aliphatic heterocycles. The molecule has 1 N–H and O–H groups in total. The molecule has 0 aliphatic carbocycles. The van der Waals surface area contributed by atoms with E-state index in [4.69, 9.17) is 0 Å². The summed E-state index contributed by atoms with van der Waals surface area (Å²) in [6.07, 6.45) is 3.46. The van der Waals surface area contributed by atoms with Gasteiger partial charge in [0, 0.05) is 19.1 Å². The first-order chi connectivity index (χ1) is 9.03. The van der Waals surface area contributed by atoms with Gasteiger partial charge in [0.1, 0.15) is 0 Å². The molecule has 0 aromatic carbocycles. The van der Waals surface area contributed by atoms with E-state index < -0.39 is 0 Å². The predicted molar refractivity (Wildman–Crippen MR) is 85.4 cm³/mol. The van der Waals surface area contributed by atoms with Gasteiger partial charge < -0.3 is 5.32 Å². The van der Waals surface area contributed by atoms with Gasteiger partial charge >= 0.3 is 0 Å². The van der Waals surface area contributed by atoms with Gasteiger partial charge in [-0.15, -0.1) is 0 Å². The highest BCUT2D eigenvalue weighted by Gasteiger charge is 2.14. The van der Waals surface area contributed by atoms with E-state index in [2.05, 4.69) is 65.6 Å². The molecule has 2 atom stereocenters. The zero-order chi connectivity index (χ0) is 14.4. The highest BCUT2D eigenvalue weighted by Crippen LogP contribution is 2.22. The Morgan fingerprint density at radius 1 is 1.26 bits per heavy atom. The lowest BCUT2D eigenvalue weighted by molar-refractivity contribution is 0.406. The fourth-order valence-corrected chi connectivity index (χ4v) is 3.02. The lowest BCUT2D eigenvalue weighted by Crippen LogP contribution is -2.28. The molecule has 4 heteroatoms. The third-order valence-electron chi connectivity index (χ3n) is 3.76. The van der Waals surface area contributed by atoms with Crippen LogP contribution >= 0.6 is 15.9 Å².